The highest BCUT2D eigenvalue weighted by atomic mass is 16.2. The summed E-state index contributed by atoms with van der Waals surface area (Å²) in [6.45, 7) is 0.949. The highest BCUT2D eigenvalue weighted by Crippen LogP contribution is 2.26. The van der Waals surface area contributed by atoms with Crippen LogP contribution in [0.25, 0.3) is 0 Å². The Bertz CT molecular complexity index is 786. The fraction of sp³-hybridized carbons (Fsp3) is 0.300. The lowest BCUT2D eigenvalue weighted by Crippen LogP contribution is -2.39. The molecule has 0 spiro atoms. The van der Waals surface area contributed by atoms with E-state index in [1.165, 1.54) is 10.5 Å². The standard InChI is InChI=1S/C20H23N3O2/c1-22(2)20(25)16-8-5-10-17(13-16)21-14-19(24)23-12-6-9-15-7-3-4-11-18(15)23/h3-5,7-8,10-11,13,21H,6,9,12,14H2,1-2H3. The van der Waals surface area contributed by atoms with Crippen molar-refractivity contribution in [2.24, 2.45) is 0 Å². The SMILES string of the molecule is CN(C)C(=O)c1cccc(NCC(=O)N2CCCc3ccccc32)c1. The van der Waals surface area contributed by atoms with E-state index in [2.05, 4.69) is 11.4 Å². The highest BCUT2D eigenvalue weighted by Gasteiger charge is 2.21. The monoisotopic (exact) mass is 337 g/mol. The van der Waals surface area contributed by atoms with E-state index in [1.807, 2.05) is 35.2 Å². The van der Waals surface area contributed by atoms with Gasteiger partial charge in [0.25, 0.3) is 5.91 Å². The first-order valence-corrected chi connectivity index (χ1v) is 8.50. The molecule has 0 aromatic heterocycles. The van der Waals surface area contributed by atoms with Crippen molar-refractivity contribution in [3.8, 4) is 0 Å². The number of carbonyl (C=O) groups is 2. The summed E-state index contributed by atoms with van der Waals surface area (Å²) in [6.07, 6.45) is 2.00. The van der Waals surface area contributed by atoms with Crippen LogP contribution in [0.2, 0.25) is 0 Å². The van der Waals surface area contributed by atoms with Crippen molar-refractivity contribution >= 4 is 23.2 Å². The van der Waals surface area contributed by atoms with Gasteiger partial charge in [0.2, 0.25) is 5.91 Å². The number of carbonyl (C=O) groups excluding carboxylic acids is 2. The number of benzene rings is 2. The molecule has 1 aliphatic heterocycles. The molecule has 0 saturated carbocycles. The first-order chi connectivity index (χ1) is 12.1. The molecule has 3 rings (SSSR count). The summed E-state index contributed by atoms with van der Waals surface area (Å²) < 4.78 is 0. The van der Waals surface area contributed by atoms with E-state index >= 15 is 0 Å². The van der Waals surface area contributed by atoms with E-state index in [4.69, 9.17) is 0 Å². The van der Waals surface area contributed by atoms with Gasteiger partial charge < -0.3 is 15.1 Å². The topological polar surface area (TPSA) is 52.7 Å². The molecule has 2 aromatic carbocycles. The normalized spacial score (nSPS) is 13.1. The zero-order valence-electron chi connectivity index (χ0n) is 14.7. The van der Waals surface area contributed by atoms with Crippen LogP contribution >= 0.6 is 0 Å². The van der Waals surface area contributed by atoms with Gasteiger partial charge in [-0.2, -0.15) is 0 Å². The number of rotatable bonds is 4. The Labute approximate surface area is 148 Å². The molecular weight excluding hydrogens is 314 g/mol. The van der Waals surface area contributed by atoms with Gasteiger partial charge in [0.1, 0.15) is 0 Å². The Morgan fingerprint density at radius 2 is 1.92 bits per heavy atom. The third-order valence-electron chi connectivity index (χ3n) is 4.37. The number of hydrogen-bond donors (Lipinski definition) is 1. The van der Waals surface area contributed by atoms with Crippen LogP contribution in [0, 0.1) is 0 Å². The number of para-hydroxylation sites is 1. The van der Waals surface area contributed by atoms with Crippen molar-refractivity contribution in [1.82, 2.24) is 4.90 Å². The first kappa shape index (κ1) is 17.0. The number of amides is 2. The Hall–Kier alpha value is -2.82. The van der Waals surface area contributed by atoms with E-state index in [0.717, 1.165) is 30.8 Å². The molecule has 5 heteroatoms. The first-order valence-electron chi connectivity index (χ1n) is 8.50. The van der Waals surface area contributed by atoms with Crippen molar-refractivity contribution in [1.29, 1.82) is 0 Å². The van der Waals surface area contributed by atoms with Gasteiger partial charge in [-0.15, -0.1) is 0 Å². The maximum absolute atomic E-state index is 12.6. The summed E-state index contributed by atoms with van der Waals surface area (Å²) in [6, 6.07) is 15.3. The second-order valence-electron chi connectivity index (χ2n) is 6.41. The van der Waals surface area contributed by atoms with Crippen molar-refractivity contribution in [2.75, 3.05) is 37.4 Å². The highest BCUT2D eigenvalue weighted by molar-refractivity contribution is 5.98. The molecule has 0 saturated heterocycles. The molecule has 0 aliphatic carbocycles. The molecule has 0 radical (unpaired) electrons. The van der Waals surface area contributed by atoms with E-state index in [1.54, 1.807) is 26.2 Å². The summed E-state index contributed by atoms with van der Waals surface area (Å²) in [7, 11) is 3.44. The number of hydrogen-bond acceptors (Lipinski definition) is 3. The van der Waals surface area contributed by atoms with Crippen LogP contribution in [0.1, 0.15) is 22.3 Å². The molecule has 2 aromatic rings. The predicted molar refractivity (Wildman–Crippen MR) is 100 cm³/mol. The quantitative estimate of drug-likeness (QED) is 0.933. The van der Waals surface area contributed by atoms with E-state index in [0.29, 0.717) is 5.56 Å². The van der Waals surface area contributed by atoms with E-state index < -0.39 is 0 Å². The van der Waals surface area contributed by atoms with Gasteiger partial charge in [0.15, 0.2) is 0 Å². The summed E-state index contributed by atoms with van der Waals surface area (Å²) in [5.74, 6) is -0.0172. The third kappa shape index (κ3) is 3.82. The number of anilines is 2. The Morgan fingerprint density at radius 1 is 1.12 bits per heavy atom. The van der Waals surface area contributed by atoms with Crippen molar-refractivity contribution in [2.45, 2.75) is 12.8 Å². The molecule has 1 aliphatic rings. The second kappa shape index (κ2) is 7.38. The van der Waals surface area contributed by atoms with Gasteiger partial charge in [-0.25, -0.2) is 0 Å². The van der Waals surface area contributed by atoms with Crippen LogP contribution in [0.5, 0.6) is 0 Å². The van der Waals surface area contributed by atoms with Gasteiger partial charge in [-0.1, -0.05) is 24.3 Å². The zero-order chi connectivity index (χ0) is 17.8. The summed E-state index contributed by atoms with van der Waals surface area (Å²) in [5.41, 5.74) is 3.61. The van der Waals surface area contributed by atoms with Gasteiger partial charge >= 0.3 is 0 Å². The van der Waals surface area contributed by atoms with Gasteiger partial charge in [0.05, 0.1) is 6.54 Å². The Balaban J connectivity index is 1.68. The minimum atomic E-state index is -0.0556. The third-order valence-corrected chi connectivity index (χ3v) is 4.37. The summed E-state index contributed by atoms with van der Waals surface area (Å²) in [5, 5.41) is 3.14. The van der Waals surface area contributed by atoms with Crippen molar-refractivity contribution in [3.63, 3.8) is 0 Å². The number of nitrogens with one attached hydrogen (secondary N) is 1. The molecule has 1 heterocycles. The van der Waals surface area contributed by atoms with Crippen molar-refractivity contribution in [3.05, 3.63) is 59.7 Å². The van der Waals surface area contributed by atoms with Crippen LogP contribution < -0.4 is 10.2 Å². The summed E-state index contributed by atoms with van der Waals surface area (Å²) in [4.78, 5) is 28.1. The molecule has 25 heavy (non-hydrogen) atoms. The largest absolute Gasteiger partial charge is 0.376 e. The van der Waals surface area contributed by atoms with E-state index in [-0.39, 0.29) is 18.4 Å². The second-order valence-corrected chi connectivity index (χ2v) is 6.41. The molecule has 130 valence electrons. The van der Waals surface area contributed by atoms with Gasteiger partial charge in [-0.3, -0.25) is 9.59 Å². The molecule has 5 nitrogen and oxygen atoms in total. The van der Waals surface area contributed by atoms with Crippen LogP contribution in [-0.4, -0.2) is 43.9 Å². The minimum Gasteiger partial charge on any atom is -0.376 e. The van der Waals surface area contributed by atoms with E-state index in [9.17, 15) is 9.59 Å². The molecular formula is C20H23N3O2. The average Bonchev–Trinajstić information content (AvgIpc) is 2.65. The predicted octanol–water partition coefficient (Wildman–Crippen LogP) is 2.78. The average molecular weight is 337 g/mol. The zero-order valence-corrected chi connectivity index (χ0v) is 14.7. The fourth-order valence-electron chi connectivity index (χ4n) is 3.09. The number of nitrogens with zero attached hydrogens (tertiary/aromatic N) is 2. The molecule has 2 amide bonds. The molecule has 0 unspecified atom stereocenters. The van der Waals surface area contributed by atoms with Crippen LogP contribution in [0.4, 0.5) is 11.4 Å². The van der Waals surface area contributed by atoms with Crippen LogP contribution in [0.15, 0.2) is 48.5 Å². The molecule has 0 atom stereocenters. The lowest BCUT2D eigenvalue weighted by atomic mass is 10.0. The number of fused-ring (bicyclic) bond motifs is 1. The number of aryl methyl sites for hydroxylation is 1. The van der Waals surface area contributed by atoms with Crippen molar-refractivity contribution < 1.29 is 9.59 Å². The van der Waals surface area contributed by atoms with Gasteiger partial charge in [-0.05, 0) is 42.7 Å². The lowest BCUT2D eigenvalue weighted by molar-refractivity contribution is -0.117. The maximum atomic E-state index is 12.6. The van der Waals surface area contributed by atoms with Crippen LogP contribution in [-0.2, 0) is 11.2 Å². The lowest BCUT2D eigenvalue weighted by Gasteiger charge is -2.29. The van der Waals surface area contributed by atoms with Crippen LogP contribution in [0.3, 0.4) is 0 Å². The molecule has 1 N–H and O–H groups in total. The summed E-state index contributed by atoms with van der Waals surface area (Å²) >= 11 is 0. The smallest absolute Gasteiger partial charge is 0.253 e. The Morgan fingerprint density at radius 3 is 2.72 bits per heavy atom. The molecule has 0 fully saturated rings. The van der Waals surface area contributed by atoms with Gasteiger partial charge in [0, 0.05) is 37.6 Å². The Kier molecular flexibility index (Phi) is 5.03. The fourth-order valence-corrected chi connectivity index (χ4v) is 3.09. The molecule has 0 bridgehead atoms. The minimum absolute atomic E-state index is 0.0384. The maximum Gasteiger partial charge on any atom is 0.253 e.